The van der Waals surface area contributed by atoms with Crippen LogP contribution in [0.3, 0.4) is 0 Å². The van der Waals surface area contributed by atoms with E-state index in [1.807, 2.05) is 18.2 Å². The van der Waals surface area contributed by atoms with Crippen molar-refractivity contribution in [3.05, 3.63) is 42.2 Å². The van der Waals surface area contributed by atoms with Crippen LogP contribution in [-0.2, 0) is 0 Å². The summed E-state index contributed by atoms with van der Waals surface area (Å²) >= 11 is 0. The first kappa shape index (κ1) is 15.0. The lowest BCUT2D eigenvalue weighted by Gasteiger charge is -2.28. The van der Waals surface area contributed by atoms with E-state index in [1.165, 1.54) is 6.20 Å². The van der Waals surface area contributed by atoms with Gasteiger partial charge in [0.25, 0.3) is 0 Å². The van der Waals surface area contributed by atoms with Crippen LogP contribution in [0.15, 0.2) is 35.2 Å². The van der Waals surface area contributed by atoms with E-state index in [2.05, 4.69) is 34.0 Å². The zero-order chi connectivity index (χ0) is 15.1. The van der Waals surface area contributed by atoms with Gasteiger partial charge < -0.3 is 9.73 Å². The van der Waals surface area contributed by atoms with Crippen molar-refractivity contribution >= 4 is 5.82 Å². The van der Waals surface area contributed by atoms with Gasteiger partial charge in [0.05, 0.1) is 12.3 Å². The van der Waals surface area contributed by atoms with Crippen LogP contribution in [0.5, 0.6) is 0 Å². The predicted octanol–water partition coefficient (Wildman–Crippen LogP) is 2.44. The molecule has 1 unspecified atom stereocenters. The summed E-state index contributed by atoms with van der Waals surface area (Å²) < 4.78 is 5.54. The van der Waals surface area contributed by atoms with E-state index in [4.69, 9.17) is 9.68 Å². The Kier molecular flexibility index (Phi) is 5.29. The Morgan fingerprint density at radius 2 is 2.10 bits per heavy atom. The summed E-state index contributed by atoms with van der Waals surface area (Å²) in [6.45, 7) is 6.65. The largest absolute Gasteiger partial charge is 0.468 e. The number of nitrogens with one attached hydrogen (secondary N) is 1. The van der Waals surface area contributed by atoms with Crippen LogP contribution in [0.1, 0.15) is 31.3 Å². The molecule has 0 bridgehead atoms. The zero-order valence-corrected chi connectivity index (χ0v) is 12.3. The van der Waals surface area contributed by atoms with E-state index in [9.17, 15) is 0 Å². The minimum atomic E-state index is 0.0866. The van der Waals surface area contributed by atoms with Crippen molar-refractivity contribution in [2.45, 2.75) is 19.9 Å². The molecule has 0 fully saturated rings. The first-order valence-corrected chi connectivity index (χ1v) is 7.02. The number of aromatic nitrogens is 2. The van der Waals surface area contributed by atoms with Gasteiger partial charge in [0.15, 0.2) is 11.5 Å². The number of nitrogens with zero attached hydrogens (tertiary/aromatic N) is 4. The molecule has 1 atom stereocenters. The number of hydrogen-bond donors (Lipinski definition) is 1. The number of likely N-dealkylation sites (N-methyl/N-ethyl adjacent to an activating group) is 1. The fraction of sp³-hybridized carbons (Fsp3) is 0.400. The molecule has 0 radical (unpaired) electrons. The maximum atomic E-state index is 9.05. The van der Waals surface area contributed by atoms with Crippen molar-refractivity contribution in [2.24, 2.45) is 0 Å². The van der Waals surface area contributed by atoms with Crippen molar-refractivity contribution in [1.82, 2.24) is 14.9 Å². The predicted molar refractivity (Wildman–Crippen MR) is 79.6 cm³/mol. The topological polar surface area (TPSA) is 78.0 Å². The molecule has 0 amide bonds. The second kappa shape index (κ2) is 7.41. The van der Waals surface area contributed by atoms with Crippen LogP contribution in [-0.4, -0.2) is 34.5 Å². The number of nitriles is 1. The van der Waals surface area contributed by atoms with Crippen LogP contribution in [0.4, 0.5) is 5.82 Å². The normalized spacial score (nSPS) is 12.1. The highest BCUT2D eigenvalue weighted by atomic mass is 16.3. The highest BCUT2D eigenvalue weighted by Crippen LogP contribution is 2.21. The third-order valence-corrected chi connectivity index (χ3v) is 3.39. The summed E-state index contributed by atoms with van der Waals surface area (Å²) in [6, 6.07) is 5.97. The van der Waals surface area contributed by atoms with Gasteiger partial charge in [-0.25, -0.2) is 9.97 Å². The van der Waals surface area contributed by atoms with Gasteiger partial charge >= 0.3 is 0 Å². The second-order valence-electron chi connectivity index (χ2n) is 4.50. The van der Waals surface area contributed by atoms with E-state index in [0.29, 0.717) is 18.1 Å². The van der Waals surface area contributed by atoms with Crippen molar-refractivity contribution < 1.29 is 4.42 Å². The molecule has 6 nitrogen and oxygen atoms in total. The fourth-order valence-electron chi connectivity index (χ4n) is 2.30. The number of anilines is 1. The van der Waals surface area contributed by atoms with Crippen LogP contribution in [0.25, 0.3) is 0 Å². The summed E-state index contributed by atoms with van der Waals surface area (Å²) in [5, 5.41) is 12.3. The Hall–Kier alpha value is -2.39. The van der Waals surface area contributed by atoms with Gasteiger partial charge in [-0.3, -0.25) is 4.90 Å². The molecule has 0 aliphatic carbocycles. The molecule has 0 saturated carbocycles. The summed E-state index contributed by atoms with van der Waals surface area (Å²) in [4.78, 5) is 10.5. The Morgan fingerprint density at radius 3 is 2.71 bits per heavy atom. The molecular formula is C15H19N5O. The lowest BCUT2D eigenvalue weighted by molar-refractivity contribution is 0.202. The van der Waals surface area contributed by atoms with Gasteiger partial charge in [0, 0.05) is 18.9 Å². The monoisotopic (exact) mass is 285 g/mol. The van der Waals surface area contributed by atoms with Gasteiger partial charge in [-0.1, -0.05) is 13.8 Å². The number of furan rings is 1. The van der Waals surface area contributed by atoms with E-state index in [-0.39, 0.29) is 6.04 Å². The van der Waals surface area contributed by atoms with E-state index in [1.54, 1.807) is 12.5 Å². The molecule has 1 N–H and O–H groups in total. The molecule has 2 rings (SSSR count). The highest BCUT2D eigenvalue weighted by molar-refractivity contribution is 5.46. The molecular weight excluding hydrogens is 266 g/mol. The zero-order valence-electron chi connectivity index (χ0n) is 12.3. The molecule has 2 heterocycles. The molecule has 0 saturated heterocycles. The smallest absolute Gasteiger partial charge is 0.182 e. The van der Waals surface area contributed by atoms with Crippen LogP contribution < -0.4 is 5.32 Å². The van der Waals surface area contributed by atoms with Crippen LogP contribution in [0, 0.1) is 11.3 Å². The van der Waals surface area contributed by atoms with Crippen LogP contribution in [0.2, 0.25) is 0 Å². The molecule has 2 aromatic rings. The van der Waals surface area contributed by atoms with Crippen molar-refractivity contribution in [1.29, 1.82) is 5.26 Å². The van der Waals surface area contributed by atoms with Crippen molar-refractivity contribution in [2.75, 3.05) is 25.0 Å². The molecule has 0 aliphatic heterocycles. The second-order valence-corrected chi connectivity index (χ2v) is 4.50. The number of hydrogen-bond acceptors (Lipinski definition) is 6. The Balaban J connectivity index is 2.15. The van der Waals surface area contributed by atoms with Gasteiger partial charge in [0.2, 0.25) is 0 Å². The lowest BCUT2D eigenvalue weighted by Crippen LogP contribution is -2.33. The van der Waals surface area contributed by atoms with E-state index in [0.717, 1.165) is 18.8 Å². The first-order chi connectivity index (χ1) is 10.3. The third kappa shape index (κ3) is 3.58. The summed E-state index contributed by atoms with van der Waals surface area (Å²) in [6.07, 6.45) is 4.76. The first-order valence-electron chi connectivity index (χ1n) is 7.02. The summed E-state index contributed by atoms with van der Waals surface area (Å²) in [5.41, 5.74) is 0.301. The van der Waals surface area contributed by atoms with Gasteiger partial charge in [-0.05, 0) is 25.2 Å². The van der Waals surface area contributed by atoms with E-state index < -0.39 is 0 Å². The lowest BCUT2D eigenvalue weighted by atomic mass is 10.2. The van der Waals surface area contributed by atoms with E-state index >= 15 is 0 Å². The molecule has 2 aromatic heterocycles. The van der Waals surface area contributed by atoms with Crippen molar-refractivity contribution in [3.8, 4) is 6.07 Å². The minimum absolute atomic E-state index is 0.0866. The third-order valence-electron chi connectivity index (χ3n) is 3.39. The average Bonchev–Trinajstić information content (AvgIpc) is 3.05. The Bertz CT molecular complexity index is 586. The van der Waals surface area contributed by atoms with Crippen LogP contribution >= 0.6 is 0 Å². The molecule has 110 valence electrons. The molecule has 6 heteroatoms. The van der Waals surface area contributed by atoms with Gasteiger partial charge in [-0.15, -0.1) is 0 Å². The summed E-state index contributed by atoms with van der Waals surface area (Å²) in [7, 11) is 0. The standard InChI is InChI=1S/C15H19N5O/c1-3-20(4-2)13(14-6-5-9-21-14)11-19-15-12(10-16)17-7-8-18-15/h5-9,13H,3-4,11H2,1-2H3,(H,18,19). The highest BCUT2D eigenvalue weighted by Gasteiger charge is 2.21. The van der Waals surface area contributed by atoms with Gasteiger partial charge in [0.1, 0.15) is 11.8 Å². The molecule has 21 heavy (non-hydrogen) atoms. The maximum absolute atomic E-state index is 9.05. The Labute approximate surface area is 124 Å². The fourth-order valence-corrected chi connectivity index (χ4v) is 2.30. The minimum Gasteiger partial charge on any atom is -0.468 e. The number of rotatable bonds is 7. The Morgan fingerprint density at radius 1 is 1.33 bits per heavy atom. The molecule has 0 aliphatic rings. The average molecular weight is 285 g/mol. The maximum Gasteiger partial charge on any atom is 0.182 e. The SMILES string of the molecule is CCN(CC)C(CNc1nccnc1C#N)c1ccco1. The summed E-state index contributed by atoms with van der Waals surface area (Å²) in [5.74, 6) is 1.40. The van der Waals surface area contributed by atoms with Crippen molar-refractivity contribution in [3.63, 3.8) is 0 Å². The molecule has 0 spiro atoms. The van der Waals surface area contributed by atoms with Gasteiger partial charge in [-0.2, -0.15) is 5.26 Å². The molecule has 0 aromatic carbocycles. The quantitative estimate of drug-likeness (QED) is 0.841.